The Balaban J connectivity index is 2.26. The zero-order chi connectivity index (χ0) is 17.6. The summed E-state index contributed by atoms with van der Waals surface area (Å²) in [6, 6.07) is 13.4. The summed E-state index contributed by atoms with van der Waals surface area (Å²) in [6.45, 7) is 3.89. The number of rotatable bonds is 6. The summed E-state index contributed by atoms with van der Waals surface area (Å²) in [7, 11) is -3.70. The molecular weight excluding hydrogens is 326 g/mol. The molecule has 0 saturated heterocycles. The lowest BCUT2D eigenvalue weighted by Gasteiger charge is -2.11. The molecule has 0 unspecified atom stereocenters. The third kappa shape index (κ3) is 4.70. The molecule has 0 aliphatic rings. The minimum absolute atomic E-state index is 0.178. The monoisotopic (exact) mass is 345 g/mol. The Labute approximate surface area is 142 Å². The fourth-order valence-electron chi connectivity index (χ4n) is 2.00. The van der Waals surface area contributed by atoms with Gasteiger partial charge in [0.25, 0.3) is 10.0 Å². The van der Waals surface area contributed by atoms with E-state index < -0.39 is 16.0 Å². The van der Waals surface area contributed by atoms with Crippen molar-refractivity contribution in [3.63, 3.8) is 0 Å². The predicted octanol–water partition coefficient (Wildman–Crippen LogP) is 3.37. The number of hydrogen-bond donors (Lipinski definition) is 1. The number of benzene rings is 2. The lowest BCUT2D eigenvalue weighted by atomic mass is 10.2. The molecule has 0 saturated carbocycles. The minimum atomic E-state index is -3.70. The van der Waals surface area contributed by atoms with E-state index in [-0.39, 0.29) is 11.5 Å². The predicted molar refractivity (Wildman–Crippen MR) is 94.1 cm³/mol. The second kappa shape index (κ2) is 7.79. The first-order chi connectivity index (χ1) is 11.4. The van der Waals surface area contributed by atoms with Gasteiger partial charge in [0, 0.05) is 6.08 Å². The van der Waals surface area contributed by atoms with Crippen LogP contribution in [0.2, 0.25) is 0 Å². The van der Waals surface area contributed by atoms with Gasteiger partial charge in [-0.2, -0.15) is 0 Å². The Morgan fingerprint density at radius 3 is 2.46 bits per heavy atom. The first kappa shape index (κ1) is 17.7. The highest BCUT2D eigenvalue weighted by atomic mass is 32.2. The molecule has 0 aliphatic heterocycles. The van der Waals surface area contributed by atoms with Gasteiger partial charge in [0.05, 0.1) is 17.2 Å². The van der Waals surface area contributed by atoms with E-state index in [0.29, 0.717) is 11.3 Å². The number of sulfonamides is 1. The van der Waals surface area contributed by atoms with Crippen LogP contribution in [-0.4, -0.2) is 21.0 Å². The van der Waals surface area contributed by atoms with E-state index in [4.69, 9.17) is 4.74 Å². The number of esters is 1. The van der Waals surface area contributed by atoms with E-state index in [1.54, 1.807) is 55.5 Å². The minimum Gasteiger partial charge on any atom is -0.463 e. The van der Waals surface area contributed by atoms with E-state index in [2.05, 4.69) is 4.72 Å². The summed E-state index contributed by atoms with van der Waals surface area (Å²) >= 11 is 0. The van der Waals surface area contributed by atoms with Gasteiger partial charge in [-0.25, -0.2) is 13.2 Å². The van der Waals surface area contributed by atoms with E-state index >= 15 is 0 Å². The van der Waals surface area contributed by atoms with Gasteiger partial charge in [0.1, 0.15) is 0 Å². The van der Waals surface area contributed by atoms with Crippen molar-refractivity contribution >= 4 is 27.8 Å². The fraction of sp³-hybridized carbons (Fsp3) is 0.167. The molecule has 2 aromatic rings. The molecule has 1 N–H and O–H groups in total. The number of aryl methyl sites for hydroxylation is 1. The van der Waals surface area contributed by atoms with E-state index in [1.165, 1.54) is 12.2 Å². The Hall–Kier alpha value is -2.60. The van der Waals surface area contributed by atoms with Crippen molar-refractivity contribution in [3.8, 4) is 0 Å². The SMILES string of the molecule is CCOC(=O)C=Cc1ccccc1NS(=O)(=O)c1ccc(C)cc1. The molecule has 6 heteroatoms. The average Bonchev–Trinajstić information content (AvgIpc) is 2.54. The highest BCUT2D eigenvalue weighted by Crippen LogP contribution is 2.21. The van der Waals surface area contributed by atoms with Gasteiger partial charge >= 0.3 is 5.97 Å². The smallest absolute Gasteiger partial charge is 0.330 e. The van der Waals surface area contributed by atoms with Crippen LogP contribution < -0.4 is 4.72 Å². The van der Waals surface area contributed by atoms with Crippen molar-refractivity contribution < 1.29 is 17.9 Å². The number of anilines is 1. The molecule has 0 fully saturated rings. The Morgan fingerprint density at radius 1 is 1.12 bits per heavy atom. The van der Waals surface area contributed by atoms with Gasteiger partial charge < -0.3 is 4.74 Å². The molecule has 5 nitrogen and oxygen atoms in total. The summed E-state index contributed by atoms with van der Waals surface area (Å²) in [5, 5.41) is 0. The zero-order valence-corrected chi connectivity index (χ0v) is 14.3. The number of hydrogen-bond acceptors (Lipinski definition) is 4. The number of ether oxygens (including phenoxy) is 1. The zero-order valence-electron chi connectivity index (χ0n) is 13.5. The van der Waals surface area contributed by atoms with Crippen LogP contribution >= 0.6 is 0 Å². The summed E-state index contributed by atoms with van der Waals surface area (Å²) in [4.78, 5) is 11.6. The quantitative estimate of drug-likeness (QED) is 0.643. The van der Waals surface area contributed by atoms with Crippen molar-refractivity contribution in [1.82, 2.24) is 0 Å². The Kier molecular flexibility index (Phi) is 5.76. The molecule has 2 rings (SSSR count). The number of para-hydroxylation sites is 1. The van der Waals surface area contributed by atoms with Crippen LogP contribution in [0.1, 0.15) is 18.1 Å². The molecule has 0 amide bonds. The fourth-order valence-corrected chi connectivity index (χ4v) is 3.09. The largest absolute Gasteiger partial charge is 0.463 e. The lowest BCUT2D eigenvalue weighted by Crippen LogP contribution is -2.13. The molecule has 0 bridgehead atoms. The molecule has 126 valence electrons. The standard InChI is InChI=1S/C18H19NO4S/c1-3-23-18(20)13-10-15-6-4-5-7-17(15)19-24(21,22)16-11-8-14(2)9-12-16/h4-13,19H,3H2,1-2H3. The van der Waals surface area contributed by atoms with Crippen LogP contribution in [0.5, 0.6) is 0 Å². The van der Waals surface area contributed by atoms with Gasteiger partial charge in [-0.05, 0) is 43.7 Å². The van der Waals surface area contributed by atoms with Crippen LogP contribution in [0.25, 0.3) is 6.08 Å². The number of nitrogens with one attached hydrogen (secondary N) is 1. The molecule has 0 atom stereocenters. The summed E-state index contributed by atoms with van der Waals surface area (Å²) in [6.07, 6.45) is 2.79. The molecule has 0 spiro atoms. The van der Waals surface area contributed by atoms with E-state index in [9.17, 15) is 13.2 Å². The highest BCUT2D eigenvalue weighted by molar-refractivity contribution is 7.92. The first-order valence-corrected chi connectivity index (χ1v) is 8.94. The first-order valence-electron chi connectivity index (χ1n) is 7.46. The molecule has 2 aromatic carbocycles. The molecule has 24 heavy (non-hydrogen) atoms. The highest BCUT2D eigenvalue weighted by Gasteiger charge is 2.15. The van der Waals surface area contributed by atoms with Gasteiger partial charge in [-0.3, -0.25) is 4.72 Å². The third-order valence-electron chi connectivity index (χ3n) is 3.22. The second-order valence-corrected chi connectivity index (χ2v) is 6.77. The summed E-state index contributed by atoms with van der Waals surface area (Å²) in [5.74, 6) is -0.478. The van der Waals surface area contributed by atoms with Crippen molar-refractivity contribution in [2.45, 2.75) is 18.7 Å². The molecule has 0 radical (unpaired) electrons. The van der Waals surface area contributed by atoms with Crippen LogP contribution in [0.4, 0.5) is 5.69 Å². The maximum absolute atomic E-state index is 12.5. The summed E-state index contributed by atoms with van der Waals surface area (Å²) in [5.41, 5.74) is 1.94. The van der Waals surface area contributed by atoms with Crippen molar-refractivity contribution in [2.75, 3.05) is 11.3 Å². The Morgan fingerprint density at radius 2 is 1.79 bits per heavy atom. The van der Waals surface area contributed by atoms with Gasteiger partial charge in [-0.1, -0.05) is 35.9 Å². The summed E-state index contributed by atoms with van der Waals surface area (Å²) < 4.78 is 32.3. The third-order valence-corrected chi connectivity index (χ3v) is 4.60. The topological polar surface area (TPSA) is 72.5 Å². The van der Waals surface area contributed by atoms with E-state index in [0.717, 1.165) is 5.56 Å². The molecular formula is C18H19NO4S. The van der Waals surface area contributed by atoms with Crippen LogP contribution in [0, 0.1) is 6.92 Å². The lowest BCUT2D eigenvalue weighted by molar-refractivity contribution is -0.137. The van der Waals surface area contributed by atoms with Gasteiger partial charge in [-0.15, -0.1) is 0 Å². The van der Waals surface area contributed by atoms with Gasteiger partial charge in [0.15, 0.2) is 0 Å². The van der Waals surface area contributed by atoms with Crippen LogP contribution in [0.3, 0.4) is 0 Å². The maximum Gasteiger partial charge on any atom is 0.330 e. The van der Waals surface area contributed by atoms with Crippen molar-refractivity contribution in [3.05, 3.63) is 65.7 Å². The Bertz CT molecular complexity index is 840. The molecule has 0 aliphatic carbocycles. The van der Waals surface area contributed by atoms with E-state index in [1.807, 2.05) is 6.92 Å². The van der Waals surface area contributed by atoms with Crippen molar-refractivity contribution in [1.29, 1.82) is 0 Å². The molecule has 0 aromatic heterocycles. The maximum atomic E-state index is 12.5. The normalized spacial score (nSPS) is 11.4. The van der Waals surface area contributed by atoms with Crippen LogP contribution in [0.15, 0.2) is 59.5 Å². The molecule has 0 heterocycles. The second-order valence-electron chi connectivity index (χ2n) is 5.09. The number of carbonyl (C=O) groups is 1. The average molecular weight is 345 g/mol. The number of carbonyl (C=O) groups excluding carboxylic acids is 1. The van der Waals surface area contributed by atoms with Crippen LogP contribution in [-0.2, 0) is 19.6 Å². The van der Waals surface area contributed by atoms with Gasteiger partial charge in [0.2, 0.25) is 0 Å². The van der Waals surface area contributed by atoms with Crippen molar-refractivity contribution in [2.24, 2.45) is 0 Å².